The highest BCUT2D eigenvalue weighted by Gasteiger charge is 2.27. The monoisotopic (exact) mass is 392 g/mol. The Labute approximate surface area is 170 Å². The average Bonchev–Trinajstić information content (AvgIpc) is 3.32. The third-order valence-corrected chi connectivity index (χ3v) is 7.43. The minimum Gasteiger partial charge on any atom is -0.301 e. The van der Waals surface area contributed by atoms with Gasteiger partial charge in [0.1, 0.15) is 5.52 Å². The summed E-state index contributed by atoms with van der Waals surface area (Å²) in [5.74, 6) is 1.03. The molecule has 7 aromatic rings. The fourth-order valence-electron chi connectivity index (χ4n) is 5.18. The van der Waals surface area contributed by atoms with Crippen molar-refractivity contribution in [3.05, 3.63) is 65.3 Å². The number of para-hydroxylation sites is 1. The molecule has 0 amide bonds. The molecule has 0 bridgehead atoms. The molecule has 0 aliphatic heterocycles. The number of aromatic nitrogens is 3. The van der Waals surface area contributed by atoms with Crippen LogP contribution in [0.1, 0.15) is 11.4 Å². The SMILES string of the molecule is Cc1ccc2c3ccsc3cc3c2c1c1c2c(nc(C)[n+]1C)c1ccccc1n32. The van der Waals surface area contributed by atoms with Gasteiger partial charge < -0.3 is 4.40 Å². The van der Waals surface area contributed by atoms with E-state index in [2.05, 4.69) is 83.8 Å². The zero-order valence-corrected chi connectivity index (χ0v) is 17.3. The number of rotatable bonds is 0. The molecular weight excluding hydrogens is 374 g/mol. The van der Waals surface area contributed by atoms with E-state index < -0.39 is 0 Å². The summed E-state index contributed by atoms with van der Waals surface area (Å²) in [6.45, 7) is 4.34. The molecule has 0 saturated carbocycles. The summed E-state index contributed by atoms with van der Waals surface area (Å²) >= 11 is 1.82. The Morgan fingerprint density at radius 2 is 1.76 bits per heavy atom. The van der Waals surface area contributed by atoms with Crippen molar-refractivity contribution in [1.82, 2.24) is 9.38 Å². The van der Waals surface area contributed by atoms with E-state index in [1.165, 1.54) is 59.3 Å². The van der Waals surface area contributed by atoms with Crippen molar-refractivity contribution >= 4 is 70.6 Å². The van der Waals surface area contributed by atoms with Crippen LogP contribution in [0.25, 0.3) is 59.2 Å². The maximum Gasteiger partial charge on any atom is 0.296 e. The van der Waals surface area contributed by atoms with Crippen LogP contribution in [0.2, 0.25) is 0 Å². The molecule has 4 aromatic heterocycles. The van der Waals surface area contributed by atoms with Gasteiger partial charge in [-0.15, -0.1) is 11.3 Å². The summed E-state index contributed by atoms with van der Waals surface area (Å²) in [5.41, 5.74) is 7.41. The van der Waals surface area contributed by atoms with Gasteiger partial charge in [-0.25, -0.2) is 4.57 Å². The molecule has 4 heteroatoms. The van der Waals surface area contributed by atoms with Crippen LogP contribution in [0, 0.1) is 13.8 Å². The van der Waals surface area contributed by atoms with Gasteiger partial charge in [-0.05, 0) is 52.5 Å². The lowest BCUT2D eigenvalue weighted by Crippen LogP contribution is -2.34. The van der Waals surface area contributed by atoms with Gasteiger partial charge in [0.15, 0.2) is 5.52 Å². The molecule has 7 rings (SSSR count). The molecule has 29 heavy (non-hydrogen) atoms. The number of pyridine rings is 1. The molecule has 0 aliphatic carbocycles. The van der Waals surface area contributed by atoms with Crippen molar-refractivity contribution in [2.75, 3.05) is 0 Å². The Morgan fingerprint density at radius 1 is 0.897 bits per heavy atom. The second-order valence-electron chi connectivity index (χ2n) is 8.02. The fraction of sp³-hybridized carbons (Fsp3) is 0.120. The van der Waals surface area contributed by atoms with E-state index in [9.17, 15) is 0 Å². The zero-order valence-electron chi connectivity index (χ0n) is 16.4. The van der Waals surface area contributed by atoms with Crippen LogP contribution in [-0.2, 0) is 7.05 Å². The van der Waals surface area contributed by atoms with Crippen LogP contribution in [-0.4, -0.2) is 9.38 Å². The highest BCUT2D eigenvalue weighted by molar-refractivity contribution is 7.17. The topological polar surface area (TPSA) is 21.2 Å². The Kier molecular flexibility index (Phi) is 2.71. The summed E-state index contributed by atoms with van der Waals surface area (Å²) in [5, 5.41) is 8.81. The smallest absolute Gasteiger partial charge is 0.296 e. The van der Waals surface area contributed by atoms with Crippen LogP contribution >= 0.6 is 11.3 Å². The molecule has 0 aliphatic rings. The number of aryl methyl sites for hydroxylation is 3. The predicted molar refractivity (Wildman–Crippen MR) is 122 cm³/mol. The predicted octanol–water partition coefficient (Wildman–Crippen LogP) is 6.04. The quantitative estimate of drug-likeness (QED) is 0.175. The first kappa shape index (κ1) is 15.7. The molecule has 0 spiro atoms. The second kappa shape index (κ2) is 5.02. The molecule has 3 nitrogen and oxygen atoms in total. The van der Waals surface area contributed by atoms with Crippen molar-refractivity contribution in [3.63, 3.8) is 0 Å². The second-order valence-corrected chi connectivity index (χ2v) is 8.97. The number of hydrogen-bond donors (Lipinski definition) is 0. The molecular formula is C25H18N3S+. The fourth-order valence-corrected chi connectivity index (χ4v) is 6.01. The van der Waals surface area contributed by atoms with Crippen molar-refractivity contribution in [3.8, 4) is 0 Å². The molecule has 138 valence electrons. The van der Waals surface area contributed by atoms with Crippen molar-refractivity contribution in [2.24, 2.45) is 7.05 Å². The summed E-state index contributed by atoms with van der Waals surface area (Å²) in [6, 6.07) is 17.9. The first-order valence-corrected chi connectivity index (χ1v) is 10.8. The molecule has 0 fully saturated rings. The molecule has 0 saturated heterocycles. The maximum absolute atomic E-state index is 5.03. The van der Waals surface area contributed by atoms with Gasteiger partial charge in [0.25, 0.3) is 5.82 Å². The van der Waals surface area contributed by atoms with Gasteiger partial charge in [0, 0.05) is 27.8 Å². The normalized spacial score (nSPS) is 12.7. The van der Waals surface area contributed by atoms with E-state index in [4.69, 9.17) is 4.98 Å². The van der Waals surface area contributed by atoms with Gasteiger partial charge in [-0.2, -0.15) is 0 Å². The molecule has 3 aromatic carbocycles. The van der Waals surface area contributed by atoms with Crippen LogP contribution in [0.15, 0.2) is 53.9 Å². The lowest BCUT2D eigenvalue weighted by atomic mass is 9.96. The highest BCUT2D eigenvalue weighted by atomic mass is 32.1. The molecule has 0 atom stereocenters. The van der Waals surface area contributed by atoms with Crippen molar-refractivity contribution < 1.29 is 4.57 Å². The summed E-state index contributed by atoms with van der Waals surface area (Å²) in [4.78, 5) is 5.03. The maximum atomic E-state index is 5.03. The van der Waals surface area contributed by atoms with Crippen LogP contribution in [0.3, 0.4) is 0 Å². The molecule has 0 unspecified atom stereocenters. The number of nitrogens with zero attached hydrogens (tertiary/aromatic N) is 3. The van der Waals surface area contributed by atoms with Gasteiger partial charge >= 0.3 is 0 Å². The lowest BCUT2D eigenvalue weighted by molar-refractivity contribution is -0.653. The Balaban J connectivity index is 2.02. The van der Waals surface area contributed by atoms with E-state index >= 15 is 0 Å². The third-order valence-electron chi connectivity index (χ3n) is 6.57. The Bertz CT molecular complexity index is 1790. The van der Waals surface area contributed by atoms with Gasteiger partial charge in [0.05, 0.1) is 23.5 Å². The number of hydrogen-bond acceptors (Lipinski definition) is 2. The van der Waals surface area contributed by atoms with Crippen LogP contribution in [0.5, 0.6) is 0 Å². The van der Waals surface area contributed by atoms with Crippen molar-refractivity contribution in [2.45, 2.75) is 13.8 Å². The van der Waals surface area contributed by atoms with E-state index in [0.717, 1.165) is 11.3 Å². The first-order chi connectivity index (χ1) is 14.1. The van der Waals surface area contributed by atoms with E-state index in [0.29, 0.717) is 0 Å². The van der Waals surface area contributed by atoms with E-state index in [-0.39, 0.29) is 0 Å². The third kappa shape index (κ3) is 1.70. The number of benzene rings is 3. The minimum absolute atomic E-state index is 1.03. The molecule has 0 N–H and O–H groups in total. The van der Waals surface area contributed by atoms with E-state index in [1.54, 1.807) is 0 Å². The average molecular weight is 393 g/mol. The molecule has 4 heterocycles. The Hall–Kier alpha value is -3.24. The van der Waals surface area contributed by atoms with Crippen molar-refractivity contribution in [1.29, 1.82) is 0 Å². The lowest BCUT2D eigenvalue weighted by Gasteiger charge is -2.15. The summed E-state index contributed by atoms with van der Waals surface area (Å²) in [6.07, 6.45) is 0. The zero-order chi connectivity index (χ0) is 19.4. The number of fused-ring (bicyclic) bond motifs is 7. The standard InChI is InChI=1S/C25H18N3S/c1-13-8-9-16-15-10-11-29-20(15)12-19-22(16)21(13)24-25-23(26-14(2)27(24)3)17-6-4-5-7-18(17)28(19)25/h4-12H,1-3H3/q+1. The number of thiophene rings is 1. The largest absolute Gasteiger partial charge is 0.301 e. The van der Waals surface area contributed by atoms with Gasteiger partial charge in [0.2, 0.25) is 5.52 Å². The molecule has 0 radical (unpaired) electrons. The first-order valence-electron chi connectivity index (χ1n) is 9.89. The van der Waals surface area contributed by atoms with Gasteiger partial charge in [-0.1, -0.05) is 24.3 Å². The van der Waals surface area contributed by atoms with Gasteiger partial charge in [-0.3, -0.25) is 0 Å². The minimum atomic E-state index is 1.03. The summed E-state index contributed by atoms with van der Waals surface area (Å²) in [7, 11) is 2.14. The van der Waals surface area contributed by atoms with E-state index in [1.807, 2.05) is 11.3 Å². The van der Waals surface area contributed by atoms with Crippen LogP contribution < -0.4 is 4.57 Å². The summed E-state index contributed by atoms with van der Waals surface area (Å²) < 4.78 is 6.04. The highest BCUT2D eigenvalue weighted by Crippen LogP contribution is 2.42. The van der Waals surface area contributed by atoms with Crippen LogP contribution in [0.4, 0.5) is 0 Å². The Morgan fingerprint density at radius 3 is 2.66 bits per heavy atom.